The highest BCUT2D eigenvalue weighted by Crippen LogP contribution is 2.31. The second-order valence-corrected chi connectivity index (χ2v) is 4.01. The molecule has 1 nitrogen and oxygen atoms in total. The van der Waals surface area contributed by atoms with Gasteiger partial charge in [-0.15, -0.1) is 0 Å². The highest BCUT2D eigenvalue weighted by atomic mass is 14.9. The summed E-state index contributed by atoms with van der Waals surface area (Å²) in [5.74, 6) is 0.922. The van der Waals surface area contributed by atoms with Crippen LogP contribution in [-0.2, 0) is 0 Å². The summed E-state index contributed by atoms with van der Waals surface area (Å²) in [7, 11) is 2.08. The number of rotatable bonds is 1. The summed E-state index contributed by atoms with van der Waals surface area (Å²) in [5, 5.41) is 3.41. The van der Waals surface area contributed by atoms with Crippen molar-refractivity contribution in [3.8, 4) is 0 Å². The molecule has 2 atom stereocenters. The summed E-state index contributed by atoms with van der Waals surface area (Å²) in [6.45, 7) is 4.69. The maximum absolute atomic E-state index is 3.41. The fourth-order valence-corrected chi connectivity index (χ4v) is 2.04. The maximum atomic E-state index is 3.41. The van der Waals surface area contributed by atoms with E-state index >= 15 is 0 Å². The summed E-state index contributed by atoms with van der Waals surface area (Å²) < 4.78 is 0. The van der Waals surface area contributed by atoms with Crippen LogP contribution in [0.5, 0.6) is 0 Å². The highest BCUT2D eigenvalue weighted by molar-refractivity contribution is 4.87. The molecule has 0 aromatic carbocycles. The van der Waals surface area contributed by atoms with Gasteiger partial charge in [0.05, 0.1) is 0 Å². The quantitative estimate of drug-likeness (QED) is 0.590. The summed E-state index contributed by atoms with van der Waals surface area (Å²) >= 11 is 0. The molecule has 0 aromatic rings. The van der Waals surface area contributed by atoms with E-state index in [2.05, 4.69) is 26.2 Å². The standard InChI is InChI=1S/C9H19N/c1-8-5-4-6-9(2,7-8)10-3/h8,10H,4-7H2,1-3H3/t8-,9-/m1/s1. The molecule has 1 rings (SSSR count). The van der Waals surface area contributed by atoms with Crippen molar-refractivity contribution < 1.29 is 0 Å². The summed E-state index contributed by atoms with van der Waals surface area (Å²) in [4.78, 5) is 0. The van der Waals surface area contributed by atoms with Crippen molar-refractivity contribution in [3.05, 3.63) is 0 Å². The third kappa shape index (κ3) is 1.72. The third-order valence-corrected chi connectivity index (χ3v) is 2.83. The first-order chi connectivity index (χ1) is 4.66. The van der Waals surface area contributed by atoms with Crippen LogP contribution in [0.4, 0.5) is 0 Å². The topological polar surface area (TPSA) is 12.0 Å². The Balaban J connectivity index is 2.45. The largest absolute Gasteiger partial charge is 0.315 e. The van der Waals surface area contributed by atoms with Crippen LogP contribution in [0.15, 0.2) is 0 Å². The van der Waals surface area contributed by atoms with Gasteiger partial charge in [-0.05, 0) is 32.7 Å². The fourth-order valence-electron chi connectivity index (χ4n) is 2.04. The molecule has 0 bridgehead atoms. The first-order valence-electron chi connectivity index (χ1n) is 4.35. The molecule has 10 heavy (non-hydrogen) atoms. The van der Waals surface area contributed by atoms with E-state index < -0.39 is 0 Å². The predicted molar refractivity (Wildman–Crippen MR) is 45.1 cm³/mol. The van der Waals surface area contributed by atoms with Crippen LogP contribution in [0, 0.1) is 5.92 Å². The Hall–Kier alpha value is -0.0400. The molecule has 0 radical (unpaired) electrons. The maximum Gasteiger partial charge on any atom is 0.0152 e. The van der Waals surface area contributed by atoms with E-state index in [4.69, 9.17) is 0 Å². The van der Waals surface area contributed by atoms with Crippen LogP contribution >= 0.6 is 0 Å². The molecule has 1 fully saturated rings. The second-order valence-electron chi connectivity index (χ2n) is 4.01. The van der Waals surface area contributed by atoms with Gasteiger partial charge in [0.25, 0.3) is 0 Å². The average molecular weight is 141 g/mol. The van der Waals surface area contributed by atoms with Crippen LogP contribution < -0.4 is 5.32 Å². The Labute approximate surface area is 64.2 Å². The monoisotopic (exact) mass is 141 g/mol. The molecule has 0 aromatic heterocycles. The van der Waals surface area contributed by atoms with Crippen LogP contribution in [0.1, 0.15) is 39.5 Å². The Morgan fingerprint density at radius 2 is 2.20 bits per heavy atom. The van der Waals surface area contributed by atoms with Crippen molar-refractivity contribution in [3.63, 3.8) is 0 Å². The molecular formula is C9H19N. The normalized spacial score (nSPS) is 41.7. The zero-order valence-corrected chi connectivity index (χ0v) is 7.41. The van der Waals surface area contributed by atoms with E-state index in [9.17, 15) is 0 Å². The molecular weight excluding hydrogens is 122 g/mol. The lowest BCUT2D eigenvalue weighted by molar-refractivity contribution is 0.218. The molecule has 1 heteroatoms. The van der Waals surface area contributed by atoms with Gasteiger partial charge in [0.1, 0.15) is 0 Å². The molecule has 60 valence electrons. The van der Waals surface area contributed by atoms with Gasteiger partial charge in [0, 0.05) is 5.54 Å². The first kappa shape index (κ1) is 8.06. The number of hydrogen-bond donors (Lipinski definition) is 1. The van der Waals surface area contributed by atoms with Crippen molar-refractivity contribution in [2.75, 3.05) is 7.05 Å². The Morgan fingerprint density at radius 3 is 2.60 bits per heavy atom. The Kier molecular flexibility index (Phi) is 2.35. The fraction of sp³-hybridized carbons (Fsp3) is 1.00. The van der Waals surface area contributed by atoms with Crippen LogP contribution in [0.2, 0.25) is 0 Å². The lowest BCUT2D eigenvalue weighted by atomic mass is 9.78. The number of nitrogens with one attached hydrogen (secondary N) is 1. The number of hydrogen-bond acceptors (Lipinski definition) is 1. The molecule has 0 heterocycles. The van der Waals surface area contributed by atoms with Crippen molar-refractivity contribution in [2.24, 2.45) is 5.92 Å². The van der Waals surface area contributed by atoms with Crippen molar-refractivity contribution in [2.45, 2.75) is 45.1 Å². The Bertz CT molecular complexity index is 111. The van der Waals surface area contributed by atoms with Crippen molar-refractivity contribution >= 4 is 0 Å². The van der Waals surface area contributed by atoms with E-state index in [-0.39, 0.29) is 0 Å². The average Bonchev–Trinajstić information content (AvgIpc) is 1.88. The molecule has 0 unspecified atom stereocenters. The zero-order chi connectivity index (χ0) is 7.61. The molecule has 1 aliphatic carbocycles. The minimum atomic E-state index is 0.442. The van der Waals surface area contributed by atoms with Gasteiger partial charge in [0.2, 0.25) is 0 Å². The van der Waals surface area contributed by atoms with E-state index in [1.807, 2.05) is 0 Å². The zero-order valence-electron chi connectivity index (χ0n) is 7.41. The lowest BCUT2D eigenvalue weighted by Crippen LogP contribution is -2.43. The smallest absolute Gasteiger partial charge is 0.0152 e. The van der Waals surface area contributed by atoms with E-state index in [1.165, 1.54) is 25.7 Å². The summed E-state index contributed by atoms with van der Waals surface area (Å²) in [5.41, 5.74) is 0.442. The van der Waals surface area contributed by atoms with Crippen molar-refractivity contribution in [1.29, 1.82) is 0 Å². The van der Waals surface area contributed by atoms with E-state index in [1.54, 1.807) is 0 Å². The van der Waals surface area contributed by atoms with Gasteiger partial charge >= 0.3 is 0 Å². The highest BCUT2D eigenvalue weighted by Gasteiger charge is 2.27. The van der Waals surface area contributed by atoms with Gasteiger partial charge in [-0.2, -0.15) is 0 Å². The van der Waals surface area contributed by atoms with Crippen LogP contribution in [0.3, 0.4) is 0 Å². The molecule has 0 amide bonds. The van der Waals surface area contributed by atoms with Crippen LogP contribution in [-0.4, -0.2) is 12.6 Å². The van der Waals surface area contributed by atoms with Gasteiger partial charge in [0.15, 0.2) is 0 Å². The predicted octanol–water partition coefficient (Wildman–Crippen LogP) is 2.17. The lowest BCUT2D eigenvalue weighted by Gasteiger charge is -2.36. The molecule has 0 aliphatic heterocycles. The summed E-state index contributed by atoms with van der Waals surface area (Å²) in [6, 6.07) is 0. The molecule has 1 N–H and O–H groups in total. The summed E-state index contributed by atoms with van der Waals surface area (Å²) in [6.07, 6.45) is 5.53. The molecule has 1 saturated carbocycles. The third-order valence-electron chi connectivity index (χ3n) is 2.83. The molecule has 0 spiro atoms. The van der Waals surface area contributed by atoms with Gasteiger partial charge < -0.3 is 5.32 Å². The van der Waals surface area contributed by atoms with E-state index in [0.717, 1.165) is 5.92 Å². The van der Waals surface area contributed by atoms with Crippen molar-refractivity contribution in [1.82, 2.24) is 5.32 Å². The Morgan fingerprint density at radius 1 is 1.50 bits per heavy atom. The minimum absolute atomic E-state index is 0.442. The van der Waals surface area contributed by atoms with Gasteiger partial charge in [-0.1, -0.05) is 19.8 Å². The first-order valence-corrected chi connectivity index (χ1v) is 4.35. The van der Waals surface area contributed by atoms with Gasteiger partial charge in [-0.3, -0.25) is 0 Å². The molecule has 1 aliphatic rings. The van der Waals surface area contributed by atoms with E-state index in [0.29, 0.717) is 5.54 Å². The second kappa shape index (κ2) is 2.91. The minimum Gasteiger partial charge on any atom is -0.315 e. The van der Waals surface area contributed by atoms with Gasteiger partial charge in [-0.25, -0.2) is 0 Å². The molecule has 0 saturated heterocycles. The van der Waals surface area contributed by atoms with Crippen LogP contribution in [0.25, 0.3) is 0 Å². The SMILES string of the molecule is CN[C@]1(C)CCC[C@@H](C)C1.